The second-order valence-corrected chi connectivity index (χ2v) is 8.17. The molecule has 0 unspecified atom stereocenters. The molecule has 5 nitrogen and oxygen atoms in total. The Labute approximate surface area is 169 Å². The van der Waals surface area contributed by atoms with Crippen LogP contribution in [0.4, 0.5) is 0 Å². The minimum absolute atomic E-state index is 0.134. The molecule has 0 fully saturated rings. The molecule has 3 rings (SSSR count). The van der Waals surface area contributed by atoms with Crippen LogP contribution in [0.3, 0.4) is 0 Å². The number of hydrogen-bond acceptors (Lipinski definition) is 5. The van der Waals surface area contributed by atoms with Crippen molar-refractivity contribution < 1.29 is 9.84 Å². The SMILES string of the molecule is CC(C)(O)COc1ccc(-n2ccnc(SCCc3ccccc3)c2=O)cc1. The van der Waals surface area contributed by atoms with Crippen LogP contribution in [0.25, 0.3) is 5.69 Å². The lowest BCUT2D eigenvalue weighted by Crippen LogP contribution is -2.27. The standard InChI is InChI=1S/C22H24N2O3S/c1-22(2,26)16-27-19-10-8-18(9-11-19)24-14-13-23-20(21(24)25)28-15-12-17-6-4-3-5-7-17/h3-11,13-14,26H,12,15-16H2,1-2H3. The highest BCUT2D eigenvalue weighted by Gasteiger charge is 2.13. The maximum Gasteiger partial charge on any atom is 0.287 e. The lowest BCUT2D eigenvalue weighted by Gasteiger charge is -2.18. The Morgan fingerprint density at radius 3 is 2.50 bits per heavy atom. The molecule has 146 valence electrons. The second-order valence-electron chi connectivity index (χ2n) is 7.09. The number of thioether (sulfide) groups is 1. The van der Waals surface area contributed by atoms with Crippen LogP contribution in [0.5, 0.6) is 5.75 Å². The van der Waals surface area contributed by atoms with Crippen LogP contribution >= 0.6 is 11.8 Å². The molecule has 0 spiro atoms. The molecule has 3 aromatic rings. The number of hydrogen-bond donors (Lipinski definition) is 1. The van der Waals surface area contributed by atoms with Gasteiger partial charge in [0.15, 0.2) is 5.03 Å². The fourth-order valence-electron chi connectivity index (χ4n) is 2.57. The van der Waals surface area contributed by atoms with Crippen molar-refractivity contribution in [3.8, 4) is 11.4 Å². The van der Waals surface area contributed by atoms with Crippen molar-refractivity contribution >= 4 is 11.8 Å². The van der Waals surface area contributed by atoms with Gasteiger partial charge in [0.2, 0.25) is 0 Å². The van der Waals surface area contributed by atoms with Crippen LogP contribution in [-0.4, -0.2) is 32.6 Å². The van der Waals surface area contributed by atoms with Crippen molar-refractivity contribution in [3.05, 3.63) is 82.9 Å². The third-order valence-electron chi connectivity index (χ3n) is 3.99. The van der Waals surface area contributed by atoms with Crippen molar-refractivity contribution in [2.45, 2.75) is 30.9 Å². The molecule has 28 heavy (non-hydrogen) atoms. The molecule has 1 N–H and O–H groups in total. The van der Waals surface area contributed by atoms with Gasteiger partial charge in [-0.25, -0.2) is 4.98 Å². The molecule has 0 aliphatic heterocycles. The number of aliphatic hydroxyl groups is 1. The third kappa shape index (κ3) is 5.71. The normalized spacial score (nSPS) is 11.4. The minimum atomic E-state index is -0.896. The Kier molecular flexibility index (Phi) is 6.54. The van der Waals surface area contributed by atoms with Gasteiger partial charge in [-0.2, -0.15) is 0 Å². The highest BCUT2D eigenvalue weighted by molar-refractivity contribution is 7.99. The summed E-state index contributed by atoms with van der Waals surface area (Å²) < 4.78 is 7.14. The first-order valence-corrected chi connectivity index (χ1v) is 10.1. The monoisotopic (exact) mass is 396 g/mol. The van der Waals surface area contributed by atoms with Crippen LogP contribution < -0.4 is 10.3 Å². The van der Waals surface area contributed by atoms with Gasteiger partial charge in [0, 0.05) is 23.8 Å². The molecule has 0 amide bonds. The smallest absolute Gasteiger partial charge is 0.287 e. The van der Waals surface area contributed by atoms with Crippen LogP contribution in [0, 0.1) is 0 Å². The fourth-order valence-corrected chi connectivity index (χ4v) is 3.46. The van der Waals surface area contributed by atoms with E-state index in [4.69, 9.17) is 4.74 Å². The predicted molar refractivity (Wildman–Crippen MR) is 112 cm³/mol. The quantitative estimate of drug-likeness (QED) is 0.588. The first-order chi connectivity index (χ1) is 13.4. The Balaban J connectivity index is 1.67. The molecule has 0 bridgehead atoms. The summed E-state index contributed by atoms with van der Waals surface area (Å²) in [4.78, 5) is 17.0. The summed E-state index contributed by atoms with van der Waals surface area (Å²) in [6.07, 6.45) is 4.19. The molecule has 0 aliphatic carbocycles. The van der Waals surface area contributed by atoms with E-state index in [1.165, 1.54) is 17.3 Å². The predicted octanol–water partition coefficient (Wildman–Crippen LogP) is 3.72. The first kappa shape index (κ1) is 20.2. The van der Waals surface area contributed by atoms with E-state index in [-0.39, 0.29) is 12.2 Å². The zero-order chi connectivity index (χ0) is 20.0. The molecule has 0 saturated carbocycles. The molecule has 0 saturated heterocycles. The molecule has 1 heterocycles. The Morgan fingerprint density at radius 1 is 1.11 bits per heavy atom. The van der Waals surface area contributed by atoms with Gasteiger partial charge in [-0.1, -0.05) is 30.3 Å². The van der Waals surface area contributed by atoms with Gasteiger partial charge >= 0.3 is 0 Å². The number of nitrogens with zero attached hydrogens (tertiary/aromatic N) is 2. The molecule has 0 radical (unpaired) electrons. The molecule has 0 aliphatic rings. The summed E-state index contributed by atoms with van der Waals surface area (Å²) in [6.45, 7) is 3.58. The number of aryl methyl sites for hydroxylation is 1. The van der Waals surface area contributed by atoms with Crippen LogP contribution in [0.2, 0.25) is 0 Å². The molecule has 0 atom stereocenters. The van der Waals surface area contributed by atoms with Crippen molar-refractivity contribution in [3.63, 3.8) is 0 Å². The maximum atomic E-state index is 12.8. The Morgan fingerprint density at radius 2 is 1.82 bits per heavy atom. The van der Waals surface area contributed by atoms with Gasteiger partial charge in [-0.05, 0) is 50.1 Å². The zero-order valence-electron chi connectivity index (χ0n) is 16.0. The molecular weight excluding hydrogens is 372 g/mol. The summed E-state index contributed by atoms with van der Waals surface area (Å²) in [6, 6.07) is 17.4. The van der Waals surface area contributed by atoms with E-state index < -0.39 is 5.60 Å². The lowest BCUT2D eigenvalue weighted by molar-refractivity contribution is 0.0285. The van der Waals surface area contributed by atoms with Gasteiger partial charge in [-0.15, -0.1) is 11.8 Å². The van der Waals surface area contributed by atoms with Crippen molar-refractivity contribution in [1.82, 2.24) is 9.55 Å². The summed E-state index contributed by atoms with van der Waals surface area (Å²) in [5.41, 5.74) is 0.957. The molecular formula is C22H24N2O3S. The van der Waals surface area contributed by atoms with Gasteiger partial charge in [0.1, 0.15) is 12.4 Å². The fraction of sp³-hybridized carbons (Fsp3) is 0.273. The Hall–Kier alpha value is -2.57. The third-order valence-corrected chi connectivity index (χ3v) is 4.95. The summed E-state index contributed by atoms with van der Waals surface area (Å²) in [5, 5.41) is 10.2. The number of aromatic nitrogens is 2. The van der Waals surface area contributed by atoms with Gasteiger partial charge < -0.3 is 9.84 Å². The van der Waals surface area contributed by atoms with Gasteiger partial charge in [-0.3, -0.25) is 9.36 Å². The zero-order valence-corrected chi connectivity index (χ0v) is 16.9. The number of ether oxygens (including phenoxy) is 1. The van der Waals surface area contributed by atoms with Crippen LogP contribution in [0.15, 0.2) is 76.8 Å². The van der Waals surface area contributed by atoms with Crippen LogP contribution in [0.1, 0.15) is 19.4 Å². The topological polar surface area (TPSA) is 64.3 Å². The largest absolute Gasteiger partial charge is 0.491 e. The molecule has 6 heteroatoms. The van der Waals surface area contributed by atoms with Crippen LogP contribution in [-0.2, 0) is 6.42 Å². The summed E-state index contributed by atoms with van der Waals surface area (Å²) in [5.74, 6) is 1.44. The van der Waals surface area contributed by atoms with E-state index in [9.17, 15) is 9.90 Å². The van der Waals surface area contributed by atoms with Crippen molar-refractivity contribution in [2.75, 3.05) is 12.4 Å². The average molecular weight is 397 g/mol. The highest BCUT2D eigenvalue weighted by atomic mass is 32.2. The van der Waals surface area contributed by atoms with E-state index in [1.807, 2.05) is 30.3 Å². The number of benzene rings is 2. The molecule has 1 aromatic heterocycles. The minimum Gasteiger partial charge on any atom is -0.491 e. The first-order valence-electron chi connectivity index (χ1n) is 9.12. The van der Waals surface area contributed by atoms with E-state index in [1.54, 1.807) is 42.9 Å². The molecule has 2 aromatic carbocycles. The Bertz CT molecular complexity index is 948. The summed E-state index contributed by atoms with van der Waals surface area (Å²) >= 11 is 1.47. The average Bonchev–Trinajstić information content (AvgIpc) is 2.68. The van der Waals surface area contributed by atoms with Gasteiger partial charge in [0.25, 0.3) is 5.56 Å². The van der Waals surface area contributed by atoms with Crippen molar-refractivity contribution in [1.29, 1.82) is 0 Å². The summed E-state index contributed by atoms with van der Waals surface area (Å²) in [7, 11) is 0. The van der Waals surface area contributed by atoms with E-state index in [0.717, 1.165) is 17.9 Å². The lowest BCUT2D eigenvalue weighted by atomic mass is 10.2. The van der Waals surface area contributed by atoms with Crippen molar-refractivity contribution in [2.24, 2.45) is 0 Å². The van der Waals surface area contributed by atoms with E-state index in [2.05, 4.69) is 17.1 Å². The van der Waals surface area contributed by atoms with Gasteiger partial charge in [0.05, 0.1) is 5.60 Å². The number of rotatable bonds is 8. The highest BCUT2D eigenvalue weighted by Crippen LogP contribution is 2.18. The van der Waals surface area contributed by atoms with E-state index in [0.29, 0.717) is 10.8 Å². The second kappa shape index (κ2) is 9.08. The van der Waals surface area contributed by atoms with E-state index >= 15 is 0 Å². The maximum absolute atomic E-state index is 12.8.